The lowest BCUT2D eigenvalue weighted by Gasteiger charge is -2.28. The second-order valence-electron chi connectivity index (χ2n) is 9.32. The third-order valence-corrected chi connectivity index (χ3v) is 7.32. The van der Waals surface area contributed by atoms with Crippen LogP contribution in [-0.4, -0.2) is 71.3 Å². The van der Waals surface area contributed by atoms with E-state index in [0.717, 1.165) is 41.6 Å². The number of pyridine rings is 1. The number of imide groups is 1. The highest BCUT2D eigenvalue weighted by atomic mass is 32.2. The first-order valence-electron chi connectivity index (χ1n) is 13.3. The SMILES string of the molecule is CCOc1cc(/C=C2\SC(=O)N(CC(=O)Nc3ccc(N4CCOCC4)cc3)C2=O)ccc1Oc1ccc([N+](=O)[O-])cn1. The van der Waals surface area contributed by atoms with Crippen molar-refractivity contribution in [2.45, 2.75) is 6.92 Å². The second kappa shape index (κ2) is 13.4. The van der Waals surface area contributed by atoms with Crippen molar-refractivity contribution in [1.82, 2.24) is 9.88 Å². The minimum atomic E-state index is -0.582. The van der Waals surface area contributed by atoms with Crippen molar-refractivity contribution >= 4 is 52.0 Å². The van der Waals surface area contributed by atoms with Gasteiger partial charge in [0.05, 0.1) is 29.6 Å². The van der Waals surface area contributed by atoms with Crippen LogP contribution in [0, 0.1) is 10.1 Å². The van der Waals surface area contributed by atoms with Crippen molar-refractivity contribution in [3.05, 3.63) is 81.4 Å². The molecule has 0 bridgehead atoms. The minimum Gasteiger partial charge on any atom is -0.490 e. The zero-order chi connectivity index (χ0) is 30.3. The van der Waals surface area contributed by atoms with Gasteiger partial charge in [0.25, 0.3) is 16.8 Å². The number of anilines is 2. The molecule has 13 nitrogen and oxygen atoms in total. The zero-order valence-corrected chi connectivity index (χ0v) is 23.9. The molecule has 2 aliphatic rings. The summed E-state index contributed by atoms with van der Waals surface area (Å²) in [7, 11) is 0. The predicted octanol–water partition coefficient (Wildman–Crippen LogP) is 4.69. The first-order chi connectivity index (χ1) is 20.8. The summed E-state index contributed by atoms with van der Waals surface area (Å²) >= 11 is 0.738. The lowest BCUT2D eigenvalue weighted by molar-refractivity contribution is -0.385. The van der Waals surface area contributed by atoms with Gasteiger partial charge in [-0.2, -0.15) is 0 Å². The van der Waals surface area contributed by atoms with Gasteiger partial charge in [0.1, 0.15) is 12.7 Å². The van der Waals surface area contributed by atoms with E-state index in [9.17, 15) is 24.5 Å². The molecule has 43 heavy (non-hydrogen) atoms. The summed E-state index contributed by atoms with van der Waals surface area (Å²) in [6.07, 6.45) is 2.62. The maximum atomic E-state index is 13.0. The monoisotopic (exact) mass is 605 g/mol. The van der Waals surface area contributed by atoms with Gasteiger partial charge in [-0.15, -0.1) is 0 Å². The van der Waals surface area contributed by atoms with Gasteiger partial charge < -0.3 is 24.4 Å². The third-order valence-electron chi connectivity index (χ3n) is 6.41. The highest BCUT2D eigenvalue weighted by Gasteiger charge is 2.36. The van der Waals surface area contributed by atoms with Gasteiger partial charge in [0, 0.05) is 36.6 Å². The fourth-order valence-electron chi connectivity index (χ4n) is 4.33. The Bertz CT molecular complexity index is 1560. The van der Waals surface area contributed by atoms with E-state index in [0.29, 0.717) is 42.6 Å². The van der Waals surface area contributed by atoms with Crippen molar-refractivity contribution in [3.63, 3.8) is 0 Å². The van der Waals surface area contributed by atoms with E-state index >= 15 is 0 Å². The molecule has 1 aromatic heterocycles. The van der Waals surface area contributed by atoms with Crippen LogP contribution in [0.1, 0.15) is 12.5 Å². The fourth-order valence-corrected chi connectivity index (χ4v) is 5.17. The number of hydrogen-bond acceptors (Lipinski definition) is 11. The molecule has 1 N–H and O–H groups in total. The average Bonchev–Trinajstić information content (AvgIpc) is 3.26. The number of benzene rings is 2. The standard InChI is InChI=1S/C29H27N5O8S/c1-2-41-24-15-19(3-9-23(24)42-27-10-8-22(17-30-27)34(38)39)16-25-28(36)33(29(37)43-25)18-26(35)31-20-4-6-21(7-5-20)32-11-13-40-14-12-32/h3-10,15-17H,2,11-14,18H2,1H3,(H,31,35)/b25-16-. The van der Waals surface area contributed by atoms with Crippen LogP contribution >= 0.6 is 11.8 Å². The molecule has 0 saturated carbocycles. The third kappa shape index (κ3) is 7.28. The normalized spacial score (nSPS) is 16.0. The quantitative estimate of drug-likeness (QED) is 0.194. The van der Waals surface area contributed by atoms with Gasteiger partial charge in [-0.1, -0.05) is 6.07 Å². The first-order valence-corrected chi connectivity index (χ1v) is 14.2. The molecule has 0 unspecified atom stereocenters. The molecule has 2 fully saturated rings. The van der Waals surface area contributed by atoms with Gasteiger partial charge >= 0.3 is 0 Å². The summed E-state index contributed by atoms with van der Waals surface area (Å²) in [5, 5.41) is 13.0. The van der Waals surface area contributed by atoms with Gasteiger partial charge in [-0.3, -0.25) is 29.4 Å². The van der Waals surface area contributed by atoms with E-state index in [2.05, 4.69) is 15.2 Å². The highest BCUT2D eigenvalue weighted by molar-refractivity contribution is 8.18. The van der Waals surface area contributed by atoms with Crippen molar-refractivity contribution in [3.8, 4) is 17.4 Å². The Morgan fingerprint density at radius 2 is 1.88 bits per heavy atom. The summed E-state index contributed by atoms with van der Waals surface area (Å²) in [4.78, 5) is 55.8. The molecule has 3 aromatic rings. The largest absolute Gasteiger partial charge is 0.490 e. The average molecular weight is 606 g/mol. The Hall–Kier alpha value is -4.95. The molecule has 0 radical (unpaired) electrons. The Balaban J connectivity index is 1.22. The second-order valence-corrected chi connectivity index (χ2v) is 10.3. The molecule has 3 amide bonds. The summed E-state index contributed by atoms with van der Waals surface area (Å²) < 4.78 is 16.8. The van der Waals surface area contributed by atoms with Crippen LogP contribution in [0.3, 0.4) is 0 Å². The van der Waals surface area contributed by atoms with Crippen LogP contribution in [0.4, 0.5) is 21.9 Å². The van der Waals surface area contributed by atoms with E-state index in [1.165, 1.54) is 18.2 Å². The van der Waals surface area contributed by atoms with E-state index in [1.54, 1.807) is 37.3 Å². The number of aromatic nitrogens is 1. The van der Waals surface area contributed by atoms with E-state index in [-0.39, 0.29) is 16.5 Å². The Kier molecular flexibility index (Phi) is 9.17. The van der Waals surface area contributed by atoms with Gasteiger partial charge in [0.15, 0.2) is 11.5 Å². The van der Waals surface area contributed by atoms with Crippen molar-refractivity contribution < 1.29 is 33.5 Å². The Morgan fingerprint density at radius 1 is 1.12 bits per heavy atom. The lowest BCUT2D eigenvalue weighted by atomic mass is 10.2. The number of thioether (sulfide) groups is 1. The number of carbonyl (C=O) groups excluding carboxylic acids is 3. The number of amides is 3. The van der Waals surface area contributed by atoms with E-state index in [1.807, 2.05) is 12.1 Å². The fraction of sp³-hybridized carbons (Fsp3) is 0.241. The van der Waals surface area contributed by atoms with Crippen LogP contribution < -0.4 is 19.7 Å². The smallest absolute Gasteiger partial charge is 0.294 e. The maximum Gasteiger partial charge on any atom is 0.294 e. The van der Waals surface area contributed by atoms with Crippen LogP contribution in [0.5, 0.6) is 17.4 Å². The summed E-state index contributed by atoms with van der Waals surface area (Å²) in [6, 6.07) is 14.9. The molecule has 5 rings (SSSR count). The molecule has 0 spiro atoms. The number of rotatable bonds is 10. The van der Waals surface area contributed by atoms with Gasteiger partial charge in [0.2, 0.25) is 11.8 Å². The number of carbonyl (C=O) groups is 3. The summed E-state index contributed by atoms with van der Waals surface area (Å²) in [5.41, 5.74) is 1.96. The Morgan fingerprint density at radius 3 is 2.56 bits per heavy atom. The van der Waals surface area contributed by atoms with Gasteiger partial charge in [-0.25, -0.2) is 4.98 Å². The Labute approximate surface area is 250 Å². The molecule has 2 aromatic carbocycles. The molecule has 14 heteroatoms. The van der Waals surface area contributed by atoms with Crippen molar-refractivity contribution in [2.24, 2.45) is 0 Å². The molecule has 0 atom stereocenters. The zero-order valence-electron chi connectivity index (χ0n) is 23.1. The maximum absolute atomic E-state index is 13.0. The van der Waals surface area contributed by atoms with Crippen LogP contribution in [0.25, 0.3) is 6.08 Å². The molecule has 2 saturated heterocycles. The number of ether oxygens (including phenoxy) is 3. The minimum absolute atomic E-state index is 0.131. The molecule has 222 valence electrons. The molecule has 0 aliphatic carbocycles. The number of morpholine rings is 1. The first kappa shape index (κ1) is 29.5. The highest BCUT2D eigenvalue weighted by Crippen LogP contribution is 2.36. The summed E-state index contributed by atoms with van der Waals surface area (Å²) in [6.45, 7) is 4.60. The van der Waals surface area contributed by atoms with Crippen LogP contribution in [-0.2, 0) is 14.3 Å². The van der Waals surface area contributed by atoms with Crippen molar-refractivity contribution in [2.75, 3.05) is 49.7 Å². The van der Waals surface area contributed by atoms with E-state index in [4.69, 9.17) is 14.2 Å². The van der Waals surface area contributed by atoms with E-state index < -0.39 is 28.5 Å². The topological polar surface area (TPSA) is 153 Å². The van der Waals surface area contributed by atoms with Gasteiger partial charge in [-0.05, 0) is 66.7 Å². The van der Waals surface area contributed by atoms with Crippen LogP contribution in [0.15, 0.2) is 65.7 Å². The van der Waals surface area contributed by atoms with Crippen LogP contribution in [0.2, 0.25) is 0 Å². The number of hydrogen-bond donors (Lipinski definition) is 1. The number of nitrogens with one attached hydrogen (secondary N) is 1. The molecular weight excluding hydrogens is 578 g/mol. The lowest BCUT2D eigenvalue weighted by Crippen LogP contribution is -2.36. The molecule has 2 aliphatic heterocycles. The molecule has 3 heterocycles. The number of nitrogens with zero attached hydrogens (tertiary/aromatic N) is 4. The summed E-state index contributed by atoms with van der Waals surface area (Å²) in [5.74, 6) is -0.298. The molecular formula is C29H27N5O8S. The number of nitro groups is 1. The van der Waals surface area contributed by atoms with Crippen molar-refractivity contribution in [1.29, 1.82) is 0 Å². The predicted molar refractivity (Wildman–Crippen MR) is 159 cm³/mol.